The van der Waals surface area contributed by atoms with Gasteiger partial charge < -0.3 is 9.30 Å². The van der Waals surface area contributed by atoms with E-state index in [4.69, 9.17) is 4.74 Å². The van der Waals surface area contributed by atoms with E-state index in [0.29, 0.717) is 17.1 Å². The molecule has 29 heavy (non-hydrogen) atoms. The Kier molecular flexibility index (Phi) is 6.76. The maximum atomic E-state index is 13.0. The molecule has 3 aromatic rings. The number of aryl methyl sites for hydroxylation is 1. The molecule has 0 bridgehead atoms. The van der Waals surface area contributed by atoms with Gasteiger partial charge in [0.15, 0.2) is 14.6 Å². The second-order valence-electron chi connectivity index (χ2n) is 6.08. The average molecular weight is 455 g/mol. The number of thiazole rings is 1. The van der Waals surface area contributed by atoms with Gasteiger partial charge in [-0.05, 0) is 42.7 Å². The highest BCUT2D eigenvalue weighted by molar-refractivity contribution is 7.98. The summed E-state index contributed by atoms with van der Waals surface area (Å²) in [6.07, 6.45) is 1.98. The summed E-state index contributed by atoms with van der Waals surface area (Å²) in [6, 6.07) is 9.94. The van der Waals surface area contributed by atoms with Gasteiger partial charge in [-0.25, -0.2) is 12.8 Å². The molecule has 0 aliphatic carbocycles. The number of fused-ring (bicyclic) bond motifs is 1. The molecule has 3 rings (SSSR count). The molecule has 2 aromatic carbocycles. The molecule has 0 aliphatic heterocycles. The first-order chi connectivity index (χ1) is 13.8. The fourth-order valence-corrected chi connectivity index (χ4v) is 5.21. The van der Waals surface area contributed by atoms with Crippen LogP contribution < -0.4 is 9.54 Å². The predicted molar refractivity (Wildman–Crippen MR) is 114 cm³/mol. The van der Waals surface area contributed by atoms with Gasteiger partial charge in [0.25, 0.3) is 5.91 Å². The molecular formula is C19H19FN2O4S3. The van der Waals surface area contributed by atoms with Gasteiger partial charge in [-0.3, -0.25) is 4.79 Å². The molecule has 0 fully saturated rings. The normalized spacial score (nSPS) is 12.4. The van der Waals surface area contributed by atoms with Gasteiger partial charge in [0.1, 0.15) is 17.3 Å². The fraction of sp³-hybridized carbons (Fsp3) is 0.263. The van der Waals surface area contributed by atoms with Crippen LogP contribution in [0.15, 0.2) is 52.4 Å². The largest absolute Gasteiger partial charge is 0.497 e. The van der Waals surface area contributed by atoms with E-state index in [1.54, 1.807) is 18.9 Å². The number of hydrogen-bond donors (Lipinski definition) is 0. The minimum Gasteiger partial charge on any atom is -0.497 e. The number of halogens is 1. The lowest BCUT2D eigenvalue weighted by Crippen LogP contribution is -2.21. The lowest BCUT2D eigenvalue weighted by molar-refractivity contribution is -0.115. The zero-order valence-electron chi connectivity index (χ0n) is 15.8. The van der Waals surface area contributed by atoms with Crippen LogP contribution in [0.2, 0.25) is 0 Å². The van der Waals surface area contributed by atoms with E-state index in [2.05, 4.69) is 4.99 Å². The molecule has 6 nitrogen and oxygen atoms in total. The van der Waals surface area contributed by atoms with Crippen LogP contribution in [0.1, 0.15) is 0 Å². The second kappa shape index (κ2) is 9.10. The van der Waals surface area contributed by atoms with E-state index in [9.17, 15) is 17.6 Å². The van der Waals surface area contributed by atoms with Crippen molar-refractivity contribution in [3.05, 3.63) is 53.1 Å². The number of rotatable bonds is 7. The number of amides is 1. The molecule has 0 aliphatic rings. The van der Waals surface area contributed by atoms with Crippen molar-refractivity contribution in [3.8, 4) is 5.75 Å². The van der Waals surface area contributed by atoms with Gasteiger partial charge in [0.2, 0.25) is 0 Å². The second-order valence-corrected chi connectivity index (χ2v) is 10.1. The number of hydrogen-bond acceptors (Lipinski definition) is 6. The first-order valence-electron chi connectivity index (χ1n) is 8.56. The van der Waals surface area contributed by atoms with Crippen LogP contribution in [0.25, 0.3) is 10.2 Å². The number of benzene rings is 2. The number of carbonyl (C=O) groups is 1. The number of carbonyl (C=O) groups excluding carboxylic acids is 1. The molecule has 1 aromatic heterocycles. The van der Waals surface area contributed by atoms with Crippen molar-refractivity contribution in [1.29, 1.82) is 0 Å². The Bertz CT molecular complexity index is 1200. The standard InChI is InChI=1S/C19H19FN2O4S3/c1-26-14-5-8-17-16(11-14)22(9-10-27-2)19(28-17)21-18(23)12-29(24,25)15-6-3-13(20)4-7-15/h3-8,11H,9-10,12H2,1-2H3. The number of sulfone groups is 1. The highest BCUT2D eigenvalue weighted by atomic mass is 32.2. The smallest absolute Gasteiger partial charge is 0.263 e. The van der Waals surface area contributed by atoms with Crippen molar-refractivity contribution in [2.24, 2.45) is 4.99 Å². The number of thioether (sulfide) groups is 1. The monoisotopic (exact) mass is 454 g/mol. The van der Waals surface area contributed by atoms with Crippen molar-refractivity contribution in [3.63, 3.8) is 0 Å². The van der Waals surface area contributed by atoms with Crippen LogP contribution in [0.3, 0.4) is 0 Å². The Labute approximate surface area is 176 Å². The summed E-state index contributed by atoms with van der Waals surface area (Å²) in [5.74, 6) is -0.608. The van der Waals surface area contributed by atoms with Crippen molar-refractivity contribution in [1.82, 2.24) is 4.57 Å². The Morgan fingerprint density at radius 1 is 1.24 bits per heavy atom. The lowest BCUT2D eigenvalue weighted by Gasteiger charge is -2.05. The van der Waals surface area contributed by atoms with Gasteiger partial charge in [0.05, 0.1) is 22.2 Å². The third kappa shape index (κ3) is 5.06. The molecular weight excluding hydrogens is 435 g/mol. The Balaban J connectivity index is 1.97. The van der Waals surface area contributed by atoms with Crippen LogP contribution in [0.5, 0.6) is 5.75 Å². The van der Waals surface area contributed by atoms with E-state index in [1.165, 1.54) is 11.3 Å². The van der Waals surface area contributed by atoms with E-state index >= 15 is 0 Å². The maximum Gasteiger partial charge on any atom is 0.263 e. The molecule has 10 heteroatoms. The maximum absolute atomic E-state index is 13.0. The van der Waals surface area contributed by atoms with Crippen molar-refractivity contribution < 1.29 is 22.3 Å². The molecule has 0 unspecified atom stereocenters. The number of aromatic nitrogens is 1. The van der Waals surface area contributed by atoms with E-state index in [1.807, 2.05) is 29.0 Å². The first kappa shape index (κ1) is 21.5. The molecule has 154 valence electrons. The van der Waals surface area contributed by atoms with Gasteiger partial charge in [0, 0.05) is 18.4 Å². The molecule has 1 heterocycles. The minimum atomic E-state index is -3.91. The van der Waals surface area contributed by atoms with Crippen LogP contribution in [-0.4, -0.2) is 43.8 Å². The lowest BCUT2D eigenvalue weighted by atomic mass is 10.3. The zero-order valence-corrected chi connectivity index (χ0v) is 18.2. The highest BCUT2D eigenvalue weighted by Crippen LogP contribution is 2.23. The molecule has 1 amide bonds. The van der Waals surface area contributed by atoms with Gasteiger partial charge >= 0.3 is 0 Å². The van der Waals surface area contributed by atoms with Crippen LogP contribution in [-0.2, 0) is 21.2 Å². The number of nitrogens with zero attached hydrogens (tertiary/aromatic N) is 2. The van der Waals surface area contributed by atoms with Gasteiger partial charge in [-0.2, -0.15) is 16.8 Å². The van der Waals surface area contributed by atoms with Crippen molar-refractivity contribution >= 4 is 49.1 Å². The average Bonchev–Trinajstić information content (AvgIpc) is 3.02. The van der Waals surface area contributed by atoms with Crippen LogP contribution in [0, 0.1) is 5.82 Å². The predicted octanol–water partition coefficient (Wildman–Crippen LogP) is 3.11. The van der Waals surface area contributed by atoms with E-state index in [0.717, 1.165) is 40.2 Å². The molecule has 0 atom stereocenters. The first-order valence-corrected chi connectivity index (χ1v) is 12.4. The molecule has 0 saturated heterocycles. The summed E-state index contributed by atoms with van der Waals surface area (Å²) in [6.45, 7) is 0.616. The Morgan fingerprint density at radius 3 is 2.62 bits per heavy atom. The molecule has 0 spiro atoms. The summed E-state index contributed by atoms with van der Waals surface area (Å²) in [4.78, 5) is 16.8. The molecule has 0 radical (unpaired) electrons. The van der Waals surface area contributed by atoms with Crippen LogP contribution in [0.4, 0.5) is 4.39 Å². The highest BCUT2D eigenvalue weighted by Gasteiger charge is 2.19. The zero-order chi connectivity index (χ0) is 21.0. The van der Waals surface area contributed by atoms with Gasteiger partial charge in [-0.1, -0.05) is 11.3 Å². The SMILES string of the molecule is COc1ccc2sc(=NC(=O)CS(=O)(=O)c3ccc(F)cc3)n(CCSC)c2c1. The topological polar surface area (TPSA) is 77.7 Å². The third-order valence-electron chi connectivity index (χ3n) is 4.11. The number of methoxy groups -OCH3 is 1. The summed E-state index contributed by atoms with van der Waals surface area (Å²) < 4.78 is 46.0. The fourth-order valence-electron chi connectivity index (χ4n) is 2.69. The Morgan fingerprint density at radius 2 is 1.97 bits per heavy atom. The summed E-state index contributed by atoms with van der Waals surface area (Å²) in [5, 5.41) is 0. The summed E-state index contributed by atoms with van der Waals surface area (Å²) in [7, 11) is -2.33. The van der Waals surface area contributed by atoms with E-state index < -0.39 is 27.3 Å². The minimum absolute atomic E-state index is 0.112. The van der Waals surface area contributed by atoms with Crippen molar-refractivity contribution in [2.75, 3.05) is 24.9 Å². The molecule has 0 N–H and O–H groups in total. The third-order valence-corrected chi connectivity index (χ3v) is 7.38. The number of ether oxygens (including phenoxy) is 1. The van der Waals surface area contributed by atoms with E-state index in [-0.39, 0.29) is 4.90 Å². The quantitative estimate of drug-likeness (QED) is 0.513. The van der Waals surface area contributed by atoms with Crippen molar-refractivity contribution in [2.45, 2.75) is 11.4 Å². The molecule has 0 saturated carbocycles. The summed E-state index contributed by atoms with van der Waals surface area (Å²) in [5.41, 5.74) is 0.872. The van der Waals surface area contributed by atoms with Crippen LogP contribution >= 0.6 is 23.1 Å². The Hall–Kier alpha value is -2.17. The van der Waals surface area contributed by atoms with Gasteiger partial charge in [-0.15, -0.1) is 0 Å². The summed E-state index contributed by atoms with van der Waals surface area (Å²) >= 11 is 2.97.